The Morgan fingerprint density at radius 2 is 1.00 bits per heavy atom. The summed E-state index contributed by atoms with van der Waals surface area (Å²) in [6.45, 7) is 0. The second kappa shape index (κ2) is 7.08. The molecule has 2 rings (SSSR count). The quantitative estimate of drug-likeness (QED) is 0.615. The van der Waals surface area contributed by atoms with E-state index >= 15 is 0 Å². The van der Waals surface area contributed by atoms with Crippen molar-refractivity contribution >= 4 is 27.6 Å². The van der Waals surface area contributed by atoms with Gasteiger partial charge in [0.15, 0.2) is 0 Å². The molecule has 0 aliphatic heterocycles. The van der Waals surface area contributed by atoms with E-state index < -0.39 is 0 Å². The van der Waals surface area contributed by atoms with Gasteiger partial charge in [-0.25, -0.2) is 0 Å². The number of hydrogen-bond acceptors (Lipinski definition) is 2. The number of benzene rings is 2. The Bertz CT molecular complexity index is 423. The molecule has 0 amide bonds. The van der Waals surface area contributed by atoms with Crippen LogP contribution in [0, 0.1) is 0 Å². The van der Waals surface area contributed by atoms with E-state index in [9.17, 15) is 0 Å². The molecule has 4 heteroatoms. The van der Waals surface area contributed by atoms with E-state index in [0.29, 0.717) is 8.58 Å². The van der Waals surface area contributed by atoms with Crippen molar-refractivity contribution in [1.29, 1.82) is 0 Å². The van der Waals surface area contributed by atoms with Gasteiger partial charge in [0, 0.05) is 8.41 Å². The molecule has 91 valence electrons. The van der Waals surface area contributed by atoms with Crippen molar-refractivity contribution in [2.45, 2.75) is 0 Å². The lowest BCUT2D eigenvalue weighted by atomic mass is 10.3. The number of rotatable bonds is 4. The van der Waals surface area contributed by atoms with Gasteiger partial charge in [-0.3, -0.25) is 0 Å². The van der Waals surface area contributed by atoms with Crippen molar-refractivity contribution in [2.75, 3.05) is 14.2 Å². The Morgan fingerprint density at radius 3 is 1.28 bits per heavy atom. The number of ether oxygens (including phenoxy) is 2. The molecule has 2 nitrogen and oxygen atoms in total. The van der Waals surface area contributed by atoms with Crippen LogP contribution >= 0.6 is 8.58 Å². The van der Waals surface area contributed by atoms with E-state index in [-0.39, 0.29) is 8.41 Å². The van der Waals surface area contributed by atoms with Crippen LogP contribution in [-0.4, -0.2) is 22.6 Å². The maximum absolute atomic E-state index is 5.14. The molecule has 0 heterocycles. The summed E-state index contributed by atoms with van der Waals surface area (Å²) in [6, 6.07) is 16.4. The van der Waals surface area contributed by atoms with Crippen LogP contribution in [0.3, 0.4) is 0 Å². The predicted molar refractivity (Wildman–Crippen MR) is 79.3 cm³/mol. The van der Waals surface area contributed by atoms with Crippen molar-refractivity contribution < 1.29 is 9.47 Å². The molecule has 18 heavy (non-hydrogen) atoms. The van der Waals surface area contributed by atoms with Gasteiger partial charge in [0.2, 0.25) is 0 Å². The van der Waals surface area contributed by atoms with Gasteiger partial charge in [-0.2, -0.15) is 0 Å². The Hall–Kier alpha value is -1.47. The molecule has 0 spiro atoms. The Morgan fingerprint density at radius 1 is 0.667 bits per heavy atom. The topological polar surface area (TPSA) is 18.5 Å². The molecule has 0 aliphatic carbocycles. The molecule has 0 atom stereocenters. The van der Waals surface area contributed by atoms with Crippen LogP contribution in [0.1, 0.15) is 0 Å². The fraction of sp³-hybridized carbons (Fsp3) is 0.143. The molecule has 0 bridgehead atoms. The summed E-state index contributed by atoms with van der Waals surface area (Å²) in [5.74, 6) is 1.79. The van der Waals surface area contributed by atoms with E-state index in [1.54, 1.807) is 14.2 Å². The summed E-state index contributed by atoms with van der Waals surface area (Å²) in [6.07, 6.45) is 0. The molecule has 2 aromatic carbocycles. The summed E-state index contributed by atoms with van der Waals surface area (Å²) in [5.41, 5.74) is 0. The number of hydrogen-bond donors (Lipinski definition) is 0. The second-order valence-electron chi connectivity index (χ2n) is 3.58. The SMILES string of the molecule is COc1ccc(Pc2ccc(OC)cc2)cc1.[B]. The van der Waals surface area contributed by atoms with Crippen molar-refractivity contribution in [3.63, 3.8) is 0 Å². The van der Waals surface area contributed by atoms with Crippen LogP contribution in [0.4, 0.5) is 0 Å². The lowest BCUT2D eigenvalue weighted by Gasteiger charge is -2.05. The number of methoxy groups -OCH3 is 2. The summed E-state index contributed by atoms with van der Waals surface area (Å²) in [5, 5.41) is 2.60. The van der Waals surface area contributed by atoms with Crippen molar-refractivity contribution in [1.82, 2.24) is 0 Å². The Balaban J connectivity index is 0.00000162. The molecule has 2 aromatic rings. The lowest BCUT2D eigenvalue weighted by molar-refractivity contribution is 0.415. The van der Waals surface area contributed by atoms with E-state index in [0.717, 1.165) is 11.5 Å². The van der Waals surface area contributed by atoms with Crippen LogP contribution < -0.4 is 20.1 Å². The van der Waals surface area contributed by atoms with Gasteiger partial charge >= 0.3 is 0 Å². The minimum absolute atomic E-state index is 0. The third kappa shape index (κ3) is 3.78. The van der Waals surface area contributed by atoms with E-state index in [1.807, 2.05) is 24.3 Å². The first-order valence-corrected chi connectivity index (χ1v) is 6.37. The average Bonchev–Trinajstić information content (AvgIpc) is 2.40. The zero-order valence-electron chi connectivity index (χ0n) is 10.5. The molecule has 0 N–H and O–H groups in total. The summed E-state index contributed by atoms with van der Waals surface area (Å²) in [7, 11) is 4.02. The van der Waals surface area contributed by atoms with E-state index in [2.05, 4.69) is 24.3 Å². The fourth-order valence-corrected chi connectivity index (χ4v) is 2.52. The van der Waals surface area contributed by atoms with Gasteiger partial charge < -0.3 is 9.47 Å². The highest BCUT2D eigenvalue weighted by Gasteiger charge is 1.98. The molecule has 0 fully saturated rings. The second-order valence-corrected chi connectivity index (χ2v) is 4.99. The summed E-state index contributed by atoms with van der Waals surface area (Å²) >= 11 is 0. The Kier molecular flexibility index (Phi) is 5.74. The van der Waals surface area contributed by atoms with Gasteiger partial charge in [0.05, 0.1) is 14.2 Å². The van der Waals surface area contributed by atoms with E-state index in [1.165, 1.54) is 10.6 Å². The molecular formula is C14H15BO2P. The Labute approximate surface area is 112 Å². The molecule has 0 saturated carbocycles. The summed E-state index contributed by atoms with van der Waals surface area (Å²) < 4.78 is 10.3. The maximum atomic E-state index is 5.14. The highest BCUT2D eigenvalue weighted by Crippen LogP contribution is 2.16. The molecule has 0 aromatic heterocycles. The normalized spacial score (nSPS) is 9.44. The van der Waals surface area contributed by atoms with Gasteiger partial charge in [0.1, 0.15) is 11.5 Å². The fourth-order valence-electron chi connectivity index (χ4n) is 1.52. The van der Waals surface area contributed by atoms with Crippen LogP contribution in [0.5, 0.6) is 11.5 Å². The zero-order valence-corrected chi connectivity index (χ0v) is 11.5. The molecule has 3 radical (unpaired) electrons. The lowest BCUT2D eigenvalue weighted by Crippen LogP contribution is -2.02. The molecule has 0 unspecified atom stereocenters. The minimum Gasteiger partial charge on any atom is -0.497 e. The van der Waals surface area contributed by atoms with Crippen LogP contribution in [0.15, 0.2) is 48.5 Å². The average molecular weight is 257 g/mol. The molecule has 0 saturated heterocycles. The van der Waals surface area contributed by atoms with Crippen molar-refractivity contribution in [3.8, 4) is 11.5 Å². The van der Waals surface area contributed by atoms with Gasteiger partial charge in [-0.1, -0.05) is 32.8 Å². The first kappa shape index (κ1) is 14.6. The van der Waals surface area contributed by atoms with Crippen LogP contribution in [0.2, 0.25) is 0 Å². The minimum atomic E-state index is 0. The largest absolute Gasteiger partial charge is 0.497 e. The highest BCUT2D eigenvalue weighted by atomic mass is 31.1. The van der Waals surface area contributed by atoms with Gasteiger partial charge in [-0.15, -0.1) is 0 Å². The zero-order chi connectivity index (χ0) is 12.1. The summed E-state index contributed by atoms with van der Waals surface area (Å²) in [4.78, 5) is 0. The standard InChI is InChI=1S/C14H15O2P.B/c1-15-11-3-7-13(8-4-11)17-14-9-5-12(16-2)6-10-14;/h3-10,17H,1-2H3;. The first-order chi connectivity index (χ1) is 8.31. The highest BCUT2D eigenvalue weighted by molar-refractivity contribution is 7.55. The first-order valence-electron chi connectivity index (χ1n) is 5.37. The molecule has 0 aliphatic rings. The maximum Gasteiger partial charge on any atom is 0.118 e. The van der Waals surface area contributed by atoms with Crippen molar-refractivity contribution in [2.24, 2.45) is 0 Å². The molecular weight excluding hydrogens is 242 g/mol. The van der Waals surface area contributed by atoms with Crippen molar-refractivity contribution in [3.05, 3.63) is 48.5 Å². The van der Waals surface area contributed by atoms with E-state index in [4.69, 9.17) is 9.47 Å². The predicted octanol–water partition coefficient (Wildman–Crippen LogP) is 1.95. The van der Waals surface area contributed by atoms with Crippen LogP contribution in [0.25, 0.3) is 0 Å². The third-order valence-electron chi connectivity index (χ3n) is 2.47. The smallest absolute Gasteiger partial charge is 0.118 e. The third-order valence-corrected chi connectivity index (χ3v) is 3.71. The van der Waals surface area contributed by atoms with Gasteiger partial charge in [-0.05, 0) is 34.9 Å². The van der Waals surface area contributed by atoms with Gasteiger partial charge in [0.25, 0.3) is 0 Å². The monoisotopic (exact) mass is 257 g/mol. The van der Waals surface area contributed by atoms with Crippen LogP contribution in [-0.2, 0) is 0 Å².